The van der Waals surface area contributed by atoms with Crippen LogP contribution >= 0.6 is 11.6 Å². The normalized spacial score (nSPS) is 11.7. The number of hydrogen-bond acceptors (Lipinski definition) is 5. The molecule has 0 atom stereocenters. The molecule has 2 amide bonds. The number of rotatable bonds is 7. The maximum absolute atomic E-state index is 13.1. The first-order valence-electron chi connectivity index (χ1n) is 8.68. The highest BCUT2D eigenvalue weighted by molar-refractivity contribution is 6.34. The Morgan fingerprint density at radius 1 is 1.13 bits per heavy atom. The zero-order valence-electron chi connectivity index (χ0n) is 16.0. The molecular formula is C19H16ClF3N4O4. The average Bonchev–Trinajstić information content (AvgIpc) is 2.67. The molecule has 0 unspecified atom stereocenters. The van der Waals surface area contributed by atoms with Crippen LogP contribution in [0.25, 0.3) is 0 Å². The van der Waals surface area contributed by atoms with E-state index in [-0.39, 0.29) is 29.3 Å². The third kappa shape index (κ3) is 7.07. The van der Waals surface area contributed by atoms with Crippen LogP contribution in [0.15, 0.2) is 47.6 Å². The van der Waals surface area contributed by atoms with Crippen LogP contribution in [0.4, 0.5) is 24.5 Å². The summed E-state index contributed by atoms with van der Waals surface area (Å²) >= 11 is 5.78. The average molecular weight is 457 g/mol. The summed E-state index contributed by atoms with van der Waals surface area (Å²) in [6.07, 6.45) is -5.21. The molecule has 8 nitrogen and oxygen atoms in total. The van der Waals surface area contributed by atoms with Crippen molar-refractivity contribution in [1.82, 2.24) is 5.43 Å². The number of non-ortho nitro benzene ring substituents is 1. The number of amides is 2. The van der Waals surface area contributed by atoms with Crippen molar-refractivity contribution in [1.29, 1.82) is 0 Å². The van der Waals surface area contributed by atoms with Gasteiger partial charge in [-0.15, -0.1) is 0 Å². The van der Waals surface area contributed by atoms with Crippen LogP contribution in [-0.2, 0) is 22.2 Å². The van der Waals surface area contributed by atoms with Crippen LogP contribution in [0.2, 0.25) is 5.02 Å². The Hall–Kier alpha value is -3.47. The largest absolute Gasteiger partial charge is 0.418 e. The van der Waals surface area contributed by atoms with Crippen molar-refractivity contribution in [3.05, 3.63) is 68.7 Å². The number of hydrazone groups is 1. The number of para-hydroxylation sites is 1. The zero-order valence-corrected chi connectivity index (χ0v) is 16.8. The highest BCUT2D eigenvalue weighted by Gasteiger charge is 2.34. The van der Waals surface area contributed by atoms with Crippen LogP contribution in [0.5, 0.6) is 0 Å². The third-order valence-corrected chi connectivity index (χ3v) is 4.20. The Morgan fingerprint density at radius 2 is 1.77 bits per heavy atom. The van der Waals surface area contributed by atoms with E-state index in [1.165, 1.54) is 37.3 Å². The van der Waals surface area contributed by atoms with E-state index in [2.05, 4.69) is 15.8 Å². The number of carbonyl (C=O) groups excluding carboxylic acids is 2. The van der Waals surface area contributed by atoms with Crippen LogP contribution in [0.1, 0.15) is 24.5 Å². The first-order valence-corrected chi connectivity index (χ1v) is 9.06. The first kappa shape index (κ1) is 23.8. The molecule has 0 aliphatic rings. The topological polar surface area (TPSA) is 114 Å². The van der Waals surface area contributed by atoms with Crippen LogP contribution in [0.3, 0.4) is 0 Å². The second-order valence-corrected chi connectivity index (χ2v) is 6.77. The highest BCUT2D eigenvalue weighted by Crippen LogP contribution is 2.38. The predicted octanol–water partition coefficient (Wildman–Crippen LogP) is 4.33. The van der Waals surface area contributed by atoms with Gasteiger partial charge in [-0.25, -0.2) is 5.43 Å². The molecule has 2 N–H and O–H groups in total. The standard InChI is InChI=1S/C19H16ClF3N4O4/c1-11(25-26-17(29)10-12-5-7-13(8-6-12)27(30)31)9-16(28)24-18-14(19(21,22)23)3-2-4-15(18)20/h2-8H,9-10H2,1H3,(H,24,28)(H,26,29)/b25-11+. The van der Waals surface area contributed by atoms with Crippen molar-refractivity contribution in [2.24, 2.45) is 5.10 Å². The Kier molecular flexibility index (Phi) is 7.70. The number of nitrogens with zero attached hydrogens (tertiary/aromatic N) is 2. The number of anilines is 1. The van der Waals surface area contributed by atoms with E-state index < -0.39 is 34.2 Å². The monoisotopic (exact) mass is 456 g/mol. The molecule has 0 aromatic heterocycles. The smallest absolute Gasteiger partial charge is 0.324 e. The molecule has 2 aromatic carbocycles. The molecular weight excluding hydrogens is 441 g/mol. The van der Waals surface area contributed by atoms with Crippen molar-refractivity contribution in [3.63, 3.8) is 0 Å². The van der Waals surface area contributed by atoms with Gasteiger partial charge in [-0.3, -0.25) is 19.7 Å². The van der Waals surface area contributed by atoms with Gasteiger partial charge in [0, 0.05) is 17.8 Å². The second-order valence-electron chi connectivity index (χ2n) is 6.37. The zero-order chi connectivity index (χ0) is 23.2. The number of hydrogen-bond donors (Lipinski definition) is 2. The van der Waals surface area contributed by atoms with Crippen LogP contribution < -0.4 is 10.7 Å². The number of nitro groups is 1. The Labute approximate surface area is 179 Å². The van der Waals surface area contributed by atoms with E-state index in [0.29, 0.717) is 5.56 Å². The molecule has 0 saturated heterocycles. The molecule has 2 rings (SSSR count). The number of nitro benzene ring substituents is 1. The van der Waals surface area contributed by atoms with Gasteiger partial charge < -0.3 is 5.32 Å². The SMILES string of the molecule is C/C(CC(=O)Nc1c(Cl)cccc1C(F)(F)F)=N\NC(=O)Cc1ccc([N+](=O)[O-])cc1. The summed E-state index contributed by atoms with van der Waals surface area (Å²) in [5.74, 6) is -1.34. The lowest BCUT2D eigenvalue weighted by molar-refractivity contribution is -0.384. The summed E-state index contributed by atoms with van der Waals surface area (Å²) in [6.45, 7) is 1.41. The van der Waals surface area contributed by atoms with E-state index in [1.807, 2.05) is 0 Å². The van der Waals surface area contributed by atoms with Crippen LogP contribution in [0, 0.1) is 10.1 Å². The molecule has 0 saturated carbocycles. The van der Waals surface area contributed by atoms with Crippen molar-refractivity contribution in [3.8, 4) is 0 Å². The molecule has 0 aliphatic heterocycles. The van der Waals surface area contributed by atoms with Gasteiger partial charge in [0.1, 0.15) is 0 Å². The van der Waals surface area contributed by atoms with Crippen molar-refractivity contribution in [2.45, 2.75) is 25.9 Å². The van der Waals surface area contributed by atoms with Crippen molar-refractivity contribution >= 4 is 40.5 Å². The van der Waals surface area contributed by atoms with E-state index in [1.54, 1.807) is 0 Å². The highest BCUT2D eigenvalue weighted by atomic mass is 35.5. The molecule has 164 valence electrons. The number of nitrogens with one attached hydrogen (secondary N) is 2. The minimum absolute atomic E-state index is 0.115. The molecule has 2 aromatic rings. The third-order valence-electron chi connectivity index (χ3n) is 3.88. The van der Waals surface area contributed by atoms with Gasteiger partial charge in [0.25, 0.3) is 5.69 Å². The quantitative estimate of drug-likeness (QED) is 0.366. The first-order chi connectivity index (χ1) is 14.5. The molecule has 0 radical (unpaired) electrons. The van der Waals surface area contributed by atoms with Gasteiger partial charge in [-0.05, 0) is 24.6 Å². The van der Waals surface area contributed by atoms with Gasteiger partial charge in [-0.2, -0.15) is 18.3 Å². The number of benzene rings is 2. The molecule has 0 aliphatic carbocycles. The van der Waals surface area contributed by atoms with E-state index in [0.717, 1.165) is 12.1 Å². The molecule has 12 heteroatoms. The van der Waals surface area contributed by atoms with E-state index >= 15 is 0 Å². The molecule has 0 heterocycles. The fourth-order valence-corrected chi connectivity index (χ4v) is 2.68. The van der Waals surface area contributed by atoms with Gasteiger partial charge >= 0.3 is 6.18 Å². The van der Waals surface area contributed by atoms with Crippen molar-refractivity contribution in [2.75, 3.05) is 5.32 Å². The molecule has 0 fully saturated rings. The minimum Gasteiger partial charge on any atom is -0.324 e. The Bertz CT molecular complexity index is 1020. The summed E-state index contributed by atoms with van der Waals surface area (Å²) < 4.78 is 39.2. The Morgan fingerprint density at radius 3 is 2.35 bits per heavy atom. The molecule has 0 spiro atoms. The molecule has 31 heavy (non-hydrogen) atoms. The lowest BCUT2D eigenvalue weighted by atomic mass is 10.1. The predicted molar refractivity (Wildman–Crippen MR) is 108 cm³/mol. The maximum Gasteiger partial charge on any atom is 0.418 e. The number of carbonyl (C=O) groups is 2. The minimum atomic E-state index is -4.71. The lowest BCUT2D eigenvalue weighted by Crippen LogP contribution is -2.23. The van der Waals surface area contributed by atoms with E-state index in [9.17, 15) is 32.9 Å². The van der Waals surface area contributed by atoms with Crippen molar-refractivity contribution < 1.29 is 27.7 Å². The number of halogens is 4. The summed E-state index contributed by atoms with van der Waals surface area (Å²) in [6, 6.07) is 8.48. The number of alkyl halides is 3. The Balaban J connectivity index is 1.94. The summed E-state index contributed by atoms with van der Waals surface area (Å²) in [7, 11) is 0. The molecule has 0 bridgehead atoms. The fraction of sp³-hybridized carbons (Fsp3) is 0.211. The van der Waals surface area contributed by atoms with Crippen LogP contribution in [-0.4, -0.2) is 22.4 Å². The lowest BCUT2D eigenvalue weighted by Gasteiger charge is -2.15. The summed E-state index contributed by atoms with van der Waals surface area (Å²) in [5.41, 5.74) is 1.10. The van der Waals surface area contributed by atoms with E-state index in [4.69, 9.17) is 11.6 Å². The van der Waals surface area contributed by atoms with Gasteiger partial charge in [-0.1, -0.05) is 29.8 Å². The maximum atomic E-state index is 13.1. The summed E-state index contributed by atoms with van der Waals surface area (Å²) in [4.78, 5) is 34.1. The second kappa shape index (κ2) is 10.0. The van der Waals surface area contributed by atoms with Gasteiger partial charge in [0.15, 0.2) is 0 Å². The fourth-order valence-electron chi connectivity index (χ4n) is 2.46. The van der Waals surface area contributed by atoms with Gasteiger partial charge in [0.2, 0.25) is 11.8 Å². The van der Waals surface area contributed by atoms with Gasteiger partial charge in [0.05, 0.1) is 34.0 Å². The summed E-state index contributed by atoms with van der Waals surface area (Å²) in [5, 5.41) is 16.2.